The molecule has 3 fully saturated rings. The van der Waals surface area contributed by atoms with Crippen molar-refractivity contribution < 1.29 is 4.74 Å². The van der Waals surface area contributed by atoms with E-state index < -0.39 is 0 Å². The number of hydrogen-bond donors (Lipinski definition) is 0. The van der Waals surface area contributed by atoms with Gasteiger partial charge in [-0.15, -0.1) is 0 Å². The second-order valence-corrected chi connectivity index (χ2v) is 4.64. The molecule has 4 atom stereocenters. The summed E-state index contributed by atoms with van der Waals surface area (Å²) in [5, 5.41) is 0. The minimum atomic E-state index is 0.390. The molecule has 0 aromatic rings. The molecule has 2 heterocycles. The average Bonchev–Trinajstić information content (AvgIpc) is 2.88. The lowest BCUT2D eigenvalue weighted by molar-refractivity contribution is 0.341. The van der Waals surface area contributed by atoms with Crippen molar-refractivity contribution in [3.63, 3.8) is 0 Å². The van der Waals surface area contributed by atoms with Gasteiger partial charge in [-0.3, -0.25) is 0 Å². The van der Waals surface area contributed by atoms with E-state index in [-0.39, 0.29) is 0 Å². The highest BCUT2D eigenvalue weighted by Crippen LogP contribution is 2.55. The third kappa shape index (κ3) is 0.808. The van der Waals surface area contributed by atoms with Crippen LogP contribution in [-0.2, 0) is 4.74 Å². The Hall–Kier alpha value is 0.0800. The number of rotatable bonds is 1. The Morgan fingerprint density at radius 1 is 1.50 bits per heavy atom. The standard InChI is InChI=1S/C8H9Cl2NO/c1-3(8(9)10)11-4-2-5-7(12-5)6(4)11/h4-7H,2H2,1H3/t4-,5+,6-,7+,11?/m0/s1. The Kier molecular flexibility index (Phi) is 1.32. The van der Waals surface area contributed by atoms with Crippen LogP contribution in [0.1, 0.15) is 13.3 Å². The molecule has 12 heavy (non-hydrogen) atoms. The summed E-state index contributed by atoms with van der Waals surface area (Å²) in [7, 11) is 0. The van der Waals surface area contributed by atoms with Gasteiger partial charge in [0.15, 0.2) is 0 Å². The third-order valence-electron chi connectivity index (χ3n) is 3.08. The Morgan fingerprint density at radius 2 is 2.25 bits per heavy atom. The first-order valence-corrected chi connectivity index (χ1v) is 4.91. The Morgan fingerprint density at radius 3 is 2.75 bits per heavy atom. The third-order valence-corrected chi connectivity index (χ3v) is 3.62. The van der Waals surface area contributed by atoms with E-state index in [4.69, 9.17) is 27.9 Å². The molecule has 0 radical (unpaired) electrons. The zero-order valence-electron chi connectivity index (χ0n) is 6.63. The van der Waals surface area contributed by atoms with Crippen LogP contribution in [0.25, 0.3) is 0 Å². The molecule has 3 rings (SSSR count). The lowest BCUT2D eigenvalue weighted by Crippen LogP contribution is -2.09. The van der Waals surface area contributed by atoms with E-state index in [0.717, 1.165) is 12.1 Å². The Labute approximate surface area is 81.1 Å². The van der Waals surface area contributed by atoms with Gasteiger partial charge in [0.25, 0.3) is 0 Å². The van der Waals surface area contributed by atoms with Gasteiger partial charge in [-0.25, -0.2) is 0 Å². The minimum absolute atomic E-state index is 0.390. The van der Waals surface area contributed by atoms with Crippen LogP contribution < -0.4 is 0 Å². The van der Waals surface area contributed by atoms with E-state index in [2.05, 4.69) is 4.90 Å². The van der Waals surface area contributed by atoms with Gasteiger partial charge in [-0.1, -0.05) is 23.2 Å². The van der Waals surface area contributed by atoms with E-state index in [1.165, 1.54) is 0 Å². The van der Waals surface area contributed by atoms with Crippen LogP contribution in [0.4, 0.5) is 0 Å². The van der Waals surface area contributed by atoms with E-state index in [1.807, 2.05) is 6.92 Å². The molecule has 0 aromatic heterocycles. The van der Waals surface area contributed by atoms with Gasteiger partial charge in [0, 0.05) is 5.70 Å². The molecule has 1 saturated carbocycles. The number of nitrogens with zero attached hydrogens (tertiary/aromatic N) is 1. The number of likely N-dealkylation sites (tertiary alicyclic amines) is 1. The zero-order valence-corrected chi connectivity index (χ0v) is 8.14. The fraction of sp³-hybridized carbons (Fsp3) is 0.750. The summed E-state index contributed by atoms with van der Waals surface area (Å²) in [5.74, 6) is 0. The smallest absolute Gasteiger partial charge is 0.125 e. The summed E-state index contributed by atoms with van der Waals surface area (Å²) in [6, 6.07) is 1.25. The zero-order chi connectivity index (χ0) is 8.46. The second kappa shape index (κ2) is 2.11. The largest absolute Gasteiger partial charge is 0.367 e. The van der Waals surface area contributed by atoms with Crippen molar-refractivity contribution in [2.45, 2.75) is 37.6 Å². The van der Waals surface area contributed by atoms with Crippen LogP contribution >= 0.6 is 23.2 Å². The van der Waals surface area contributed by atoms with Gasteiger partial charge in [0.05, 0.1) is 18.2 Å². The summed E-state index contributed by atoms with van der Waals surface area (Å²) >= 11 is 11.4. The first-order chi connectivity index (χ1) is 5.70. The highest BCUT2D eigenvalue weighted by atomic mass is 35.5. The molecule has 4 heteroatoms. The number of ether oxygens (including phenoxy) is 1. The van der Waals surface area contributed by atoms with Crippen molar-refractivity contribution in [2.24, 2.45) is 0 Å². The van der Waals surface area contributed by atoms with Crippen LogP contribution in [0.3, 0.4) is 0 Å². The van der Waals surface area contributed by atoms with Crippen molar-refractivity contribution in [1.29, 1.82) is 0 Å². The summed E-state index contributed by atoms with van der Waals surface area (Å²) in [5.41, 5.74) is 1.00. The SMILES string of the molecule is CC(=C(Cl)Cl)N1[C@@H]2[C@@H]3O[C@@H]3C[C@@H]21. The van der Waals surface area contributed by atoms with Crippen molar-refractivity contribution >= 4 is 23.2 Å². The highest BCUT2D eigenvalue weighted by molar-refractivity contribution is 6.56. The predicted octanol–water partition coefficient (Wildman–Crippen LogP) is 1.88. The number of halogens is 2. The first kappa shape index (κ1) is 7.48. The monoisotopic (exact) mass is 205 g/mol. The van der Waals surface area contributed by atoms with Crippen LogP contribution in [0.15, 0.2) is 10.2 Å². The Balaban J connectivity index is 1.79. The van der Waals surface area contributed by atoms with E-state index in [0.29, 0.717) is 28.8 Å². The lowest BCUT2D eigenvalue weighted by Gasteiger charge is -2.07. The van der Waals surface area contributed by atoms with Crippen LogP contribution in [0.2, 0.25) is 0 Å². The molecule has 2 aliphatic heterocycles. The maximum atomic E-state index is 5.70. The molecule has 0 N–H and O–H groups in total. The molecule has 2 saturated heterocycles. The normalized spacial score (nSPS) is 46.8. The van der Waals surface area contributed by atoms with E-state index in [9.17, 15) is 0 Å². The molecule has 1 aliphatic carbocycles. The van der Waals surface area contributed by atoms with Gasteiger partial charge in [0.2, 0.25) is 0 Å². The van der Waals surface area contributed by atoms with Crippen molar-refractivity contribution in [2.75, 3.05) is 0 Å². The number of hydrogen-bond acceptors (Lipinski definition) is 2. The summed E-state index contributed by atoms with van der Waals surface area (Å²) < 4.78 is 5.81. The summed E-state index contributed by atoms with van der Waals surface area (Å²) in [6.07, 6.45) is 2.20. The van der Waals surface area contributed by atoms with Crippen molar-refractivity contribution in [3.05, 3.63) is 10.2 Å². The molecular formula is C8H9Cl2NO. The molecule has 2 nitrogen and oxygen atoms in total. The van der Waals surface area contributed by atoms with Crippen molar-refractivity contribution in [1.82, 2.24) is 4.90 Å². The fourth-order valence-corrected chi connectivity index (χ4v) is 2.58. The topological polar surface area (TPSA) is 15.5 Å². The van der Waals surface area contributed by atoms with Gasteiger partial charge >= 0.3 is 0 Å². The van der Waals surface area contributed by atoms with Crippen molar-refractivity contribution in [3.8, 4) is 0 Å². The molecule has 0 bridgehead atoms. The van der Waals surface area contributed by atoms with Gasteiger partial charge in [-0.2, -0.15) is 0 Å². The quantitative estimate of drug-likeness (QED) is 0.608. The van der Waals surface area contributed by atoms with Crippen LogP contribution in [-0.4, -0.2) is 29.2 Å². The second-order valence-electron chi connectivity index (χ2n) is 3.69. The lowest BCUT2D eigenvalue weighted by atomic mass is 10.3. The maximum Gasteiger partial charge on any atom is 0.125 e. The predicted molar refractivity (Wildman–Crippen MR) is 47.1 cm³/mol. The highest BCUT2D eigenvalue weighted by Gasteiger charge is 2.69. The van der Waals surface area contributed by atoms with Gasteiger partial charge in [-0.05, 0) is 13.3 Å². The molecule has 0 amide bonds. The van der Waals surface area contributed by atoms with Gasteiger partial charge in [0.1, 0.15) is 10.6 Å². The summed E-state index contributed by atoms with van der Waals surface area (Å²) in [4.78, 5) is 2.27. The fourth-order valence-electron chi connectivity index (χ4n) is 2.39. The van der Waals surface area contributed by atoms with Crippen LogP contribution in [0.5, 0.6) is 0 Å². The number of allylic oxidation sites excluding steroid dienone is 1. The molecule has 0 spiro atoms. The van der Waals surface area contributed by atoms with Gasteiger partial charge < -0.3 is 9.64 Å². The van der Waals surface area contributed by atoms with E-state index in [1.54, 1.807) is 0 Å². The van der Waals surface area contributed by atoms with Crippen LogP contribution in [0, 0.1) is 0 Å². The average molecular weight is 206 g/mol. The molecule has 0 aromatic carbocycles. The van der Waals surface area contributed by atoms with E-state index >= 15 is 0 Å². The number of fused-ring (bicyclic) bond motifs is 3. The molecular weight excluding hydrogens is 197 g/mol. The number of piperidine rings is 1. The minimum Gasteiger partial charge on any atom is -0.367 e. The molecule has 66 valence electrons. The molecule has 0 unspecified atom stereocenters. The molecule has 3 aliphatic rings. The number of epoxide rings is 1. The maximum absolute atomic E-state index is 5.70. The Bertz CT molecular complexity index is 274. The first-order valence-electron chi connectivity index (χ1n) is 4.16. The summed E-state index contributed by atoms with van der Waals surface area (Å²) in [6.45, 7) is 1.96.